The Hall–Kier alpha value is -0.0800. The molecule has 0 amide bonds. The van der Waals surface area contributed by atoms with E-state index in [-0.39, 0.29) is 6.10 Å². The van der Waals surface area contributed by atoms with Crippen LogP contribution in [0.5, 0.6) is 0 Å². The van der Waals surface area contributed by atoms with Crippen LogP contribution in [0.25, 0.3) is 0 Å². The lowest BCUT2D eigenvalue weighted by Crippen LogP contribution is -2.42. The maximum Gasteiger partial charge on any atom is 0.0541 e. The Bertz CT molecular complexity index is 183. The van der Waals surface area contributed by atoms with Gasteiger partial charge in [0.25, 0.3) is 0 Å². The molecule has 2 rings (SSSR count). The Morgan fingerprint density at radius 2 is 1.73 bits per heavy atom. The summed E-state index contributed by atoms with van der Waals surface area (Å²) in [6.45, 7) is 4.79. The van der Waals surface area contributed by atoms with Crippen LogP contribution in [0.2, 0.25) is 0 Å². The molecule has 2 aliphatic carbocycles. The van der Waals surface area contributed by atoms with Gasteiger partial charge in [-0.2, -0.15) is 0 Å². The first kappa shape index (κ1) is 11.4. The van der Waals surface area contributed by atoms with Crippen molar-refractivity contribution in [2.75, 3.05) is 13.1 Å². The Kier molecular flexibility index (Phi) is 4.04. The van der Waals surface area contributed by atoms with Crippen molar-refractivity contribution in [3.8, 4) is 0 Å². The highest BCUT2D eigenvalue weighted by molar-refractivity contribution is 4.82. The predicted molar refractivity (Wildman–Crippen MR) is 62.9 cm³/mol. The van der Waals surface area contributed by atoms with Crippen LogP contribution in [0.3, 0.4) is 0 Å². The summed E-state index contributed by atoms with van der Waals surface area (Å²) in [6, 6.07) is 0.763. The summed E-state index contributed by atoms with van der Waals surface area (Å²) in [5.74, 6) is 0.983. The topological polar surface area (TPSA) is 23.5 Å². The molecule has 0 heterocycles. The van der Waals surface area contributed by atoms with Gasteiger partial charge in [0.1, 0.15) is 0 Å². The van der Waals surface area contributed by atoms with E-state index in [9.17, 15) is 5.11 Å². The second-order valence-electron chi connectivity index (χ2n) is 5.35. The first-order chi connectivity index (χ1) is 7.29. The Balaban J connectivity index is 1.77. The second-order valence-corrected chi connectivity index (χ2v) is 5.35. The first-order valence-corrected chi connectivity index (χ1v) is 6.71. The van der Waals surface area contributed by atoms with Crippen LogP contribution in [0.15, 0.2) is 0 Å². The SMILES string of the molecule is CCN(CC1CCC1)C1CCC(O)CC1. The highest BCUT2D eigenvalue weighted by Gasteiger charge is 2.27. The van der Waals surface area contributed by atoms with E-state index in [0.29, 0.717) is 0 Å². The molecule has 0 aromatic carbocycles. The number of aliphatic hydroxyl groups excluding tert-OH is 1. The molecule has 0 atom stereocenters. The Morgan fingerprint density at radius 1 is 1.07 bits per heavy atom. The molecule has 0 aliphatic heterocycles. The molecule has 2 fully saturated rings. The normalized spacial score (nSPS) is 33.0. The molecule has 2 heteroatoms. The molecule has 1 N–H and O–H groups in total. The fraction of sp³-hybridized carbons (Fsp3) is 1.00. The highest BCUT2D eigenvalue weighted by Crippen LogP contribution is 2.30. The van der Waals surface area contributed by atoms with Gasteiger partial charge in [-0.1, -0.05) is 13.3 Å². The average molecular weight is 211 g/mol. The third-order valence-corrected chi connectivity index (χ3v) is 4.31. The van der Waals surface area contributed by atoms with Crippen LogP contribution in [-0.2, 0) is 0 Å². The molecular formula is C13H25NO. The van der Waals surface area contributed by atoms with E-state index < -0.39 is 0 Å². The standard InChI is InChI=1S/C13H25NO/c1-2-14(10-11-4-3-5-11)12-6-8-13(15)9-7-12/h11-13,15H,2-10H2,1H3. The van der Waals surface area contributed by atoms with Crippen molar-refractivity contribution in [2.24, 2.45) is 5.92 Å². The van der Waals surface area contributed by atoms with Crippen molar-refractivity contribution in [1.82, 2.24) is 4.90 Å². The molecule has 88 valence electrons. The monoisotopic (exact) mass is 211 g/mol. The molecule has 2 saturated carbocycles. The number of aliphatic hydroxyl groups is 1. The molecular weight excluding hydrogens is 186 g/mol. The summed E-state index contributed by atoms with van der Waals surface area (Å²) >= 11 is 0. The molecule has 2 nitrogen and oxygen atoms in total. The lowest BCUT2D eigenvalue weighted by molar-refractivity contribution is 0.0606. The summed E-state index contributed by atoms with van der Waals surface area (Å²) in [4.78, 5) is 2.66. The minimum absolute atomic E-state index is 0.0105. The van der Waals surface area contributed by atoms with Crippen LogP contribution in [0, 0.1) is 5.92 Å². The number of hydrogen-bond donors (Lipinski definition) is 1. The average Bonchev–Trinajstić information content (AvgIpc) is 2.19. The predicted octanol–water partition coefficient (Wildman–Crippen LogP) is 2.41. The molecule has 0 aromatic heterocycles. The van der Waals surface area contributed by atoms with Crippen molar-refractivity contribution in [1.29, 1.82) is 0 Å². The Morgan fingerprint density at radius 3 is 2.20 bits per heavy atom. The smallest absolute Gasteiger partial charge is 0.0541 e. The van der Waals surface area contributed by atoms with Gasteiger partial charge in [0, 0.05) is 12.6 Å². The van der Waals surface area contributed by atoms with Gasteiger partial charge < -0.3 is 10.0 Å². The quantitative estimate of drug-likeness (QED) is 0.772. The maximum atomic E-state index is 9.50. The summed E-state index contributed by atoms with van der Waals surface area (Å²) in [7, 11) is 0. The van der Waals surface area contributed by atoms with Crippen molar-refractivity contribution in [2.45, 2.75) is 64.0 Å². The van der Waals surface area contributed by atoms with Crippen LogP contribution in [0.1, 0.15) is 51.9 Å². The van der Waals surface area contributed by atoms with Crippen LogP contribution in [0.4, 0.5) is 0 Å². The molecule has 0 aromatic rings. The van der Waals surface area contributed by atoms with Crippen LogP contribution < -0.4 is 0 Å². The zero-order chi connectivity index (χ0) is 10.7. The zero-order valence-electron chi connectivity index (χ0n) is 9.99. The lowest BCUT2D eigenvalue weighted by Gasteiger charge is -2.39. The number of hydrogen-bond acceptors (Lipinski definition) is 2. The van der Waals surface area contributed by atoms with Gasteiger partial charge in [0.2, 0.25) is 0 Å². The van der Waals surface area contributed by atoms with Gasteiger partial charge in [-0.25, -0.2) is 0 Å². The van der Waals surface area contributed by atoms with E-state index >= 15 is 0 Å². The minimum atomic E-state index is -0.0105. The summed E-state index contributed by atoms with van der Waals surface area (Å²) in [5.41, 5.74) is 0. The van der Waals surface area contributed by atoms with E-state index in [1.807, 2.05) is 0 Å². The third kappa shape index (κ3) is 2.94. The van der Waals surface area contributed by atoms with E-state index in [0.717, 1.165) is 24.8 Å². The molecule has 2 aliphatic rings. The second kappa shape index (κ2) is 5.31. The van der Waals surface area contributed by atoms with E-state index in [4.69, 9.17) is 0 Å². The van der Waals surface area contributed by atoms with Crippen LogP contribution >= 0.6 is 0 Å². The van der Waals surface area contributed by atoms with Crippen molar-refractivity contribution in [3.05, 3.63) is 0 Å². The van der Waals surface area contributed by atoms with E-state index in [1.165, 1.54) is 45.2 Å². The van der Waals surface area contributed by atoms with Gasteiger partial charge in [0.05, 0.1) is 6.10 Å². The molecule has 15 heavy (non-hydrogen) atoms. The van der Waals surface area contributed by atoms with Gasteiger partial charge in [0.15, 0.2) is 0 Å². The number of rotatable bonds is 4. The van der Waals surface area contributed by atoms with Crippen molar-refractivity contribution >= 4 is 0 Å². The number of nitrogens with zero attached hydrogens (tertiary/aromatic N) is 1. The fourth-order valence-electron chi connectivity index (χ4n) is 2.97. The summed E-state index contributed by atoms with van der Waals surface area (Å²) < 4.78 is 0. The third-order valence-electron chi connectivity index (χ3n) is 4.31. The van der Waals surface area contributed by atoms with Gasteiger partial charge in [-0.3, -0.25) is 0 Å². The molecule has 0 radical (unpaired) electrons. The molecule has 0 saturated heterocycles. The van der Waals surface area contributed by atoms with Crippen molar-refractivity contribution in [3.63, 3.8) is 0 Å². The Labute approximate surface area is 93.7 Å². The molecule has 0 unspecified atom stereocenters. The summed E-state index contributed by atoms with van der Waals surface area (Å²) in [5, 5.41) is 9.50. The van der Waals surface area contributed by atoms with Gasteiger partial charge in [-0.15, -0.1) is 0 Å². The van der Waals surface area contributed by atoms with E-state index in [2.05, 4.69) is 11.8 Å². The summed E-state index contributed by atoms with van der Waals surface area (Å²) in [6.07, 6.45) is 8.80. The first-order valence-electron chi connectivity index (χ1n) is 6.71. The highest BCUT2D eigenvalue weighted by atomic mass is 16.3. The van der Waals surface area contributed by atoms with Gasteiger partial charge >= 0.3 is 0 Å². The van der Waals surface area contributed by atoms with E-state index in [1.54, 1.807) is 0 Å². The van der Waals surface area contributed by atoms with Gasteiger partial charge in [-0.05, 0) is 51.0 Å². The molecule has 0 bridgehead atoms. The van der Waals surface area contributed by atoms with Crippen LogP contribution in [-0.4, -0.2) is 35.2 Å². The minimum Gasteiger partial charge on any atom is -0.393 e. The zero-order valence-corrected chi connectivity index (χ0v) is 9.99. The van der Waals surface area contributed by atoms with Crippen molar-refractivity contribution < 1.29 is 5.11 Å². The molecule has 0 spiro atoms. The lowest BCUT2D eigenvalue weighted by atomic mass is 9.84. The fourth-order valence-corrected chi connectivity index (χ4v) is 2.97. The largest absolute Gasteiger partial charge is 0.393 e. The maximum absolute atomic E-state index is 9.50.